The van der Waals surface area contributed by atoms with Gasteiger partial charge in [-0.05, 0) is 45.9 Å². The van der Waals surface area contributed by atoms with Crippen molar-refractivity contribution in [1.82, 2.24) is 39.7 Å². The van der Waals surface area contributed by atoms with Crippen LogP contribution < -0.4 is 11.2 Å². The first-order valence-electron chi connectivity index (χ1n) is 11.8. The van der Waals surface area contributed by atoms with Crippen molar-refractivity contribution in [3.05, 3.63) is 80.8 Å². The summed E-state index contributed by atoms with van der Waals surface area (Å²) in [5.41, 5.74) is 4.15. The topological polar surface area (TPSA) is 127 Å². The Balaban J connectivity index is 1.37. The Morgan fingerprint density at radius 1 is 1.00 bits per heavy atom. The smallest absolute Gasteiger partial charge is 0.318 e. The van der Waals surface area contributed by atoms with Gasteiger partial charge in [0, 0.05) is 25.1 Å². The molecule has 3 aromatic heterocycles. The third kappa shape index (κ3) is 3.86. The summed E-state index contributed by atoms with van der Waals surface area (Å²) >= 11 is 0. The Morgan fingerprint density at radius 2 is 1.77 bits per heavy atom. The minimum Gasteiger partial charge on any atom is -0.318 e. The van der Waals surface area contributed by atoms with E-state index in [4.69, 9.17) is 4.98 Å². The van der Waals surface area contributed by atoms with Gasteiger partial charge >= 0.3 is 5.69 Å². The first kappa shape index (κ1) is 21.2. The minimum absolute atomic E-state index is 0.383. The number of nitrogens with zero attached hydrogens (tertiary/aromatic N) is 6. The lowest BCUT2D eigenvalue weighted by Crippen LogP contribution is -2.31. The number of nitrogens with one attached hydrogen (secondary N) is 2. The highest BCUT2D eigenvalue weighted by Crippen LogP contribution is 2.31. The van der Waals surface area contributed by atoms with Crippen molar-refractivity contribution in [2.24, 2.45) is 5.92 Å². The molecule has 10 nitrogen and oxygen atoms in total. The number of hydrogen-bond acceptors (Lipinski definition) is 6. The first-order valence-corrected chi connectivity index (χ1v) is 11.8. The molecule has 2 N–H and O–H groups in total. The summed E-state index contributed by atoms with van der Waals surface area (Å²) in [6.45, 7) is 3.09. The average Bonchev–Trinajstić information content (AvgIpc) is 3.38. The van der Waals surface area contributed by atoms with E-state index >= 15 is 0 Å². The normalized spacial score (nSPS) is 13.5. The Morgan fingerprint density at radius 3 is 2.46 bits per heavy atom. The van der Waals surface area contributed by atoms with Gasteiger partial charge in [0.15, 0.2) is 17.0 Å². The summed E-state index contributed by atoms with van der Waals surface area (Å²) in [4.78, 5) is 32.6. The molecule has 0 amide bonds. The summed E-state index contributed by atoms with van der Waals surface area (Å²) in [7, 11) is 0. The van der Waals surface area contributed by atoms with Crippen LogP contribution in [0.25, 0.3) is 33.7 Å². The van der Waals surface area contributed by atoms with Gasteiger partial charge in [-0.25, -0.2) is 14.9 Å². The average molecular weight is 469 g/mol. The number of rotatable bonds is 7. The zero-order chi connectivity index (χ0) is 23.9. The fraction of sp³-hybridized carbons (Fsp3) is 0.280. The molecule has 10 heteroatoms. The fourth-order valence-corrected chi connectivity index (χ4v) is 4.57. The predicted octanol–water partition coefficient (Wildman–Crippen LogP) is 2.75. The summed E-state index contributed by atoms with van der Waals surface area (Å²) in [6.07, 6.45) is 2.87. The van der Waals surface area contributed by atoms with Crippen LogP contribution in [0.3, 0.4) is 0 Å². The van der Waals surface area contributed by atoms with Crippen LogP contribution >= 0.6 is 0 Å². The second kappa shape index (κ2) is 8.46. The highest BCUT2D eigenvalue weighted by atomic mass is 16.2. The number of hydrogen-bond donors (Lipinski definition) is 2. The monoisotopic (exact) mass is 468 g/mol. The molecule has 176 valence electrons. The molecule has 0 unspecified atom stereocenters. The maximum atomic E-state index is 12.8. The molecule has 1 fully saturated rings. The lowest BCUT2D eigenvalue weighted by molar-refractivity contribution is 0.607. The Labute approximate surface area is 199 Å². The van der Waals surface area contributed by atoms with E-state index in [1.54, 1.807) is 4.57 Å². The summed E-state index contributed by atoms with van der Waals surface area (Å²) in [5, 5.41) is 14.3. The maximum Gasteiger partial charge on any atom is 0.330 e. The molecular formula is C25H24N8O2. The van der Waals surface area contributed by atoms with E-state index in [-0.39, 0.29) is 5.69 Å². The molecule has 3 heterocycles. The zero-order valence-electron chi connectivity index (χ0n) is 19.2. The van der Waals surface area contributed by atoms with Crippen LogP contribution in [-0.4, -0.2) is 39.7 Å². The zero-order valence-corrected chi connectivity index (χ0v) is 19.2. The van der Waals surface area contributed by atoms with Gasteiger partial charge in [0.1, 0.15) is 5.82 Å². The van der Waals surface area contributed by atoms with Crippen LogP contribution in [0.15, 0.2) is 58.1 Å². The van der Waals surface area contributed by atoms with Crippen LogP contribution in [-0.2, 0) is 19.5 Å². The van der Waals surface area contributed by atoms with Gasteiger partial charge in [-0.15, -0.1) is 5.10 Å². The van der Waals surface area contributed by atoms with E-state index in [1.807, 2.05) is 47.9 Å². The minimum atomic E-state index is -0.393. The SMILES string of the molecule is CCc1nc2c(c(=O)[nH]c(=O)n2CC2CC2)n1Cc1ccc(-c2ccccc2-c2nnn[nH]2)cc1. The molecule has 1 aliphatic rings. The molecule has 0 spiro atoms. The summed E-state index contributed by atoms with van der Waals surface area (Å²) in [6, 6.07) is 16.1. The first-order chi connectivity index (χ1) is 17.1. The lowest BCUT2D eigenvalue weighted by Gasteiger charge is -2.11. The Bertz CT molecular complexity index is 1620. The number of aromatic amines is 2. The molecule has 1 saturated carbocycles. The van der Waals surface area contributed by atoms with Crippen LogP contribution in [0.1, 0.15) is 31.2 Å². The fourth-order valence-electron chi connectivity index (χ4n) is 4.57. The van der Waals surface area contributed by atoms with Crippen molar-refractivity contribution in [2.45, 2.75) is 39.3 Å². The quantitative estimate of drug-likeness (QED) is 0.378. The van der Waals surface area contributed by atoms with Crippen molar-refractivity contribution >= 4 is 11.2 Å². The number of benzene rings is 2. The second-order valence-corrected chi connectivity index (χ2v) is 8.95. The van der Waals surface area contributed by atoms with Gasteiger partial charge < -0.3 is 4.57 Å². The molecule has 0 atom stereocenters. The van der Waals surface area contributed by atoms with Crippen LogP contribution in [0, 0.1) is 5.92 Å². The van der Waals surface area contributed by atoms with E-state index in [2.05, 4.69) is 37.7 Å². The number of tetrazole rings is 1. The van der Waals surface area contributed by atoms with E-state index < -0.39 is 5.56 Å². The lowest BCUT2D eigenvalue weighted by atomic mass is 9.98. The number of aryl methyl sites for hydroxylation is 1. The van der Waals surface area contributed by atoms with Gasteiger partial charge in [-0.1, -0.05) is 55.5 Å². The van der Waals surface area contributed by atoms with E-state index in [9.17, 15) is 9.59 Å². The van der Waals surface area contributed by atoms with Crippen LogP contribution in [0.5, 0.6) is 0 Å². The molecule has 35 heavy (non-hydrogen) atoms. The third-order valence-corrected chi connectivity index (χ3v) is 6.55. The van der Waals surface area contributed by atoms with Gasteiger partial charge in [-0.2, -0.15) is 0 Å². The van der Waals surface area contributed by atoms with E-state index in [0.29, 0.717) is 42.4 Å². The number of H-pyrrole nitrogens is 2. The molecule has 2 aromatic carbocycles. The maximum absolute atomic E-state index is 12.8. The largest absolute Gasteiger partial charge is 0.330 e. The second-order valence-electron chi connectivity index (χ2n) is 8.95. The Kier molecular flexibility index (Phi) is 5.13. The standard InChI is InChI=1S/C25H24N8O2/c1-2-20-26-23-21(24(34)27-25(35)33(23)14-15-7-8-15)32(20)13-16-9-11-17(12-10-16)18-5-3-4-6-19(18)22-28-30-31-29-22/h3-6,9-12,15H,2,7-8,13-14H2,1H3,(H,27,34,35)(H,28,29,30,31). The summed E-state index contributed by atoms with van der Waals surface area (Å²) in [5.74, 6) is 1.88. The molecule has 6 rings (SSSR count). The molecule has 0 saturated heterocycles. The van der Waals surface area contributed by atoms with Crippen molar-refractivity contribution in [3.63, 3.8) is 0 Å². The predicted molar refractivity (Wildman–Crippen MR) is 131 cm³/mol. The highest BCUT2D eigenvalue weighted by molar-refractivity contribution is 5.80. The van der Waals surface area contributed by atoms with Crippen LogP contribution in [0.4, 0.5) is 0 Å². The third-order valence-electron chi connectivity index (χ3n) is 6.55. The molecule has 0 aliphatic heterocycles. The van der Waals surface area contributed by atoms with E-state index in [1.165, 1.54) is 0 Å². The number of fused-ring (bicyclic) bond motifs is 1. The van der Waals surface area contributed by atoms with Crippen molar-refractivity contribution < 1.29 is 0 Å². The van der Waals surface area contributed by atoms with Crippen molar-refractivity contribution in [3.8, 4) is 22.5 Å². The molecule has 0 radical (unpaired) electrons. The Hall–Kier alpha value is -4.34. The van der Waals surface area contributed by atoms with Gasteiger partial charge in [0.2, 0.25) is 0 Å². The van der Waals surface area contributed by atoms with Crippen molar-refractivity contribution in [1.29, 1.82) is 0 Å². The van der Waals surface area contributed by atoms with Crippen LogP contribution in [0.2, 0.25) is 0 Å². The van der Waals surface area contributed by atoms with E-state index in [0.717, 1.165) is 40.9 Å². The summed E-state index contributed by atoms with van der Waals surface area (Å²) < 4.78 is 3.56. The van der Waals surface area contributed by atoms with Gasteiger partial charge in [0.25, 0.3) is 5.56 Å². The molecule has 1 aliphatic carbocycles. The molecule has 0 bridgehead atoms. The molecule has 5 aromatic rings. The highest BCUT2D eigenvalue weighted by Gasteiger charge is 2.25. The number of aromatic nitrogens is 8. The number of imidazole rings is 1. The van der Waals surface area contributed by atoms with Crippen molar-refractivity contribution in [2.75, 3.05) is 0 Å². The van der Waals surface area contributed by atoms with Gasteiger partial charge in [0.05, 0.1) is 0 Å². The van der Waals surface area contributed by atoms with Gasteiger partial charge in [-0.3, -0.25) is 14.3 Å². The molecular weight excluding hydrogens is 444 g/mol.